The van der Waals surface area contributed by atoms with Crippen LogP contribution in [0.1, 0.15) is 12.5 Å². The Bertz CT molecular complexity index is 324. The molecule has 1 rings (SSSR count). The number of amides is 1. The van der Waals surface area contributed by atoms with Crippen molar-refractivity contribution in [3.63, 3.8) is 0 Å². The van der Waals surface area contributed by atoms with Crippen molar-refractivity contribution in [1.82, 2.24) is 5.32 Å². The molecule has 0 fully saturated rings. The highest BCUT2D eigenvalue weighted by Gasteiger charge is 2.00. The van der Waals surface area contributed by atoms with E-state index >= 15 is 0 Å². The van der Waals surface area contributed by atoms with Crippen molar-refractivity contribution >= 4 is 5.91 Å². The molecule has 1 N–H and O–H groups in total. The maximum atomic E-state index is 12.6. The molecular formula is C12H16FNO2. The van der Waals surface area contributed by atoms with Gasteiger partial charge in [0.2, 0.25) is 5.91 Å². The third-order valence-corrected chi connectivity index (χ3v) is 2.09. The maximum Gasteiger partial charge on any atom is 0.246 e. The van der Waals surface area contributed by atoms with Crippen molar-refractivity contribution < 1.29 is 13.9 Å². The molecule has 1 amide bonds. The van der Waals surface area contributed by atoms with Crippen LogP contribution in [0, 0.1) is 5.82 Å². The first-order chi connectivity index (χ1) is 7.72. The Labute approximate surface area is 94.6 Å². The van der Waals surface area contributed by atoms with Gasteiger partial charge in [-0.3, -0.25) is 4.79 Å². The Kier molecular flexibility index (Phi) is 5.50. The Morgan fingerprint density at radius 1 is 1.38 bits per heavy atom. The first-order valence-electron chi connectivity index (χ1n) is 5.31. The van der Waals surface area contributed by atoms with Gasteiger partial charge < -0.3 is 10.1 Å². The summed E-state index contributed by atoms with van der Waals surface area (Å²) >= 11 is 0. The van der Waals surface area contributed by atoms with Gasteiger partial charge in [0.15, 0.2) is 0 Å². The minimum atomic E-state index is -0.246. The minimum absolute atomic E-state index is 0.0971. The molecule has 1 aromatic carbocycles. The lowest BCUT2D eigenvalue weighted by Gasteiger charge is -2.05. The predicted molar refractivity (Wildman–Crippen MR) is 59.6 cm³/mol. The zero-order valence-electron chi connectivity index (χ0n) is 9.33. The fraction of sp³-hybridized carbons (Fsp3) is 0.417. The summed E-state index contributed by atoms with van der Waals surface area (Å²) in [6, 6.07) is 6.25. The number of ether oxygens (including phenoxy) is 1. The lowest BCUT2D eigenvalue weighted by molar-refractivity contribution is -0.125. The monoisotopic (exact) mass is 225 g/mol. The molecule has 0 saturated carbocycles. The van der Waals surface area contributed by atoms with Crippen LogP contribution in [0.2, 0.25) is 0 Å². The van der Waals surface area contributed by atoms with Gasteiger partial charge in [0.1, 0.15) is 12.4 Å². The van der Waals surface area contributed by atoms with E-state index in [0.717, 1.165) is 5.56 Å². The van der Waals surface area contributed by atoms with Crippen molar-refractivity contribution in [2.45, 2.75) is 13.3 Å². The van der Waals surface area contributed by atoms with Gasteiger partial charge in [-0.2, -0.15) is 0 Å². The Morgan fingerprint density at radius 2 is 2.06 bits per heavy atom. The zero-order chi connectivity index (χ0) is 11.8. The smallest absolute Gasteiger partial charge is 0.246 e. The van der Waals surface area contributed by atoms with E-state index in [0.29, 0.717) is 19.6 Å². The van der Waals surface area contributed by atoms with Crippen molar-refractivity contribution in [3.8, 4) is 0 Å². The number of carbonyl (C=O) groups is 1. The predicted octanol–water partition coefficient (Wildman–Crippen LogP) is 1.52. The average molecular weight is 225 g/mol. The third kappa shape index (κ3) is 4.89. The molecule has 16 heavy (non-hydrogen) atoms. The standard InChI is InChI=1S/C12H16FNO2/c1-2-16-9-12(15)14-8-7-10-3-5-11(13)6-4-10/h3-6H,2,7-9H2,1H3,(H,14,15). The van der Waals surface area contributed by atoms with E-state index in [4.69, 9.17) is 4.74 Å². The molecule has 0 unspecified atom stereocenters. The first kappa shape index (κ1) is 12.6. The zero-order valence-corrected chi connectivity index (χ0v) is 9.33. The van der Waals surface area contributed by atoms with E-state index < -0.39 is 0 Å². The summed E-state index contributed by atoms with van der Waals surface area (Å²) in [7, 11) is 0. The van der Waals surface area contributed by atoms with E-state index in [-0.39, 0.29) is 18.3 Å². The van der Waals surface area contributed by atoms with E-state index in [2.05, 4.69) is 5.32 Å². The van der Waals surface area contributed by atoms with Crippen molar-refractivity contribution in [2.24, 2.45) is 0 Å². The molecule has 0 aromatic heterocycles. The molecule has 0 atom stereocenters. The van der Waals surface area contributed by atoms with E-state index in [9.17, 15) is 9.18 Å². The van der Waals surface area contributed by atoms with E-state index in [1.54, 1.807) is 12.1 Å². The third-order valence-electron chi connectivity index (χ3n) is 2.09. The highest BCUT2D eigenvalue weighted by atomic mass is 19.1. The lowest BCUT2D eigenvalue weighted by atomic mass is 10.1. The lowest BCUT2D eigenvalue weighted by Crippen LogP contribution is -2.29. The Balaban J connectivity index is 2.20. The summed E-state index contributed by atoms with van der Waals surface area (Å²) < 4.78 is 17.5. The second-order valence-corrected chi connectivity index (χ2v) is 3.36. The molecule has 0 aliphatic rings. The fourth-order valence-electron chi connectivity index (χ4n) is 1.24. The van der Waals surface area contributed by atoms with Gasteiger partial charge in [-0.05, 0) is 31.0 Å². The van der Waals surface area contributed by atoms with Gasteiger partial charge in [-0.25, -0.2) is 4.39 Å². The van der Waals surface area contributed by atoms with E-state index in [1.165, 1.54) is 12.1 Å². The molecule has 0 spiro atoms. The molecule has 3 nitrogen and oxygen atoms in total. The van der Waals surface area contributed by atoms with Crippen LogP contribution in [0.25, 0.3) is 0 Å². The fourth-order valence-corrected chi connectivity index (χ4v) is 1.24. The molecular weight excluding hydrogens is 209 g/mol. The maximum absolute atomic E-state index is 12.6. The topological polar surface area (TPSA) is 38.3 Å². The number of hydrogen-bond acceptors (Lipinski definition) is 2. The van der Waals surface area contributed by atoms with Gasteiger partial charge >= 0.3 is 0 Å². The van der Waals surface area contributed by atoms with Crippen LogP contribution in [-0.4, -0.2) is 25.7 Å². The highest BCUT2D eigenvalue weighted by Crippen LogP contribution is 2.02. The number of nitrogens with one attached hydrogen (secondary N) is 1. The summed E-state index contributed by atoms with van der Waals surface area (Å²) in [6.45, 7) is 3.01. The second-order valence-electron chi connectivity index (χ2n) is 3.36. The highest BCUT2D eigenvalue weighted by molar-refractivity contribution is 5.77. The average Bonchev–Trinajstić information content (AvgIpc) is 2.29. The minimum Gasteiger partial charge on any atom is -0.372 e. The second kappa shape index (κ2) is 6.95. The molecule has 0 saturated heterocycles. The first-order valence-corrected chi connectivity index (χ1v) is 5.31. The van der Waals surface area contributed by atoms with Gasteiger partial charge in [0.05, 0.1) is 0 Å². The van der Waals surface area contributed by atoms with Crippen LogP contribution >= 0.6 is 0 Å². The van der Waals surface area contributed by atoms with E-state index in [1.807, 2.05) is 6.92 Å². The summed E-state index contributed by atoms with van der Waals surface area (Å²) in [4.78, 5) is 11.2. The number of halogens is 1. The quantitative estimate of drug-likeness (QED) is 0.797. The van der Waals surface area contributed by atoms with Crippen LogP contribution in [0.15, 0.2) is 24.3 Å². The number of benzene rings is 1. The van der Waals surface area contributed by atoms with Gasteiger partial charge in [-0.1, -0.05) is 12.1 Å². The molecule has 0 aliphatic heterocycles. The van der Waals surface area contributed by atoms with Crippen LogP contribution in [0.3, 0.4) is 0 Å². The SMILES string of the molecule is CCOCC(=O)NCCc1ccc(F)cc1. The normalized spacial score (nSPS) is 10.1. The van der Waals surface area contributed by atoms with Crippen LogP contribution in [-0.2, 0) is 16.0 Å². The molecule has 0 bridgehead atoms. The summed E-state index contributed by atoms with van der Waals surface area (Å²) in [6.07, 6.45) is 0.693. The number of hydrogen-bond donors (Lipinski definition) is 1. The summed E-state index contributed by atoms with van der Waals surface area (Å²) in [5.41, 5.74) is 0.998. The number of carbonyl (C=O) groups excluding carboxylic acids is 1. The van der Waals surface area contributed by atoms with Crippen molar-refractivity contribution in [3.05, 3.63) is 35.6 Å². The molecule has 4 heteroatoms. The van der Waals surface area contributed by atoms with Crippen LogP contribution < -0.4 is 5.32 Å². The summed E-state index contributed by atoms with van der Waals surface area (Å²) in [5.74, 6) is -0.368. The van der Waals surface area contributed by atoms with Crippen molar-refractivity contribution in [1.29, 1.82) is 0 Å². The molecule has 0 aliphatic carbocycles. The molecule has 0 radical (unpaired) electrons. The largest absolute Gasteiger partial charge is 0.372 e. The molecule has 1 aromatic rings. The van der Waals surface area contributed by atoms with Crippen molar-refractivity contribution in [2.75, 3.05) is 19.8 Å². The number of rotatable bonds is 6. The Hall–Kier alpha value is -1.42. The van der Waals surface area contributed by atoms with Gasteiger partial charge in [0.25, 0.3) is 0 Å². The summed E-state index contributed by atoms with van der Waals surface area (Å²) in [5, 5.41) is 2.72. The van der Waals surface area contributed by atoms with Crippen LogP contribution in [0.4, 0.5) is 4.39 Å². The Morgan fingerprint density at radius 3 is 2.69 bits per heavy atom. The van der Waals surface area contributed by atoms with Gasteiger partial charge in [0, 0.05) is 13.2 Å². The molecule has 88 valence electrons. The van der Waals surface area contributed by atoms with Gasteiger partial charge in [-0.15, -0.1) is 0 Å². The van der Waals surface area contributed by atoms with Crippen LogP contribution in [0.5, 0.6) is 0 Å². The molecule has 0 heterocycles.